The zero-order valence-corrected chi connectivity index (χ0v) is 14.0. The Bertz CT molecular complexity index is 625. The molecule has 0 fully saturated rings. The maximum absolute atomic E-state index is 12.6. The van der Waals surface area contributed by atoms with Crippen LogP contribution in [0.1, 0.15) is 45.3 Å². The van der Waals surface area contributed by atoms with Crippen LogP contribution in [0, 0.1) is 5.41 Å². The molecule has 23 heavy (non-hydrogen) atoms. The summed E-state index contributed by atoms with van der Waals surface area (Å²) in [5, 5.41) is 11.3. The maximum atomic E-state index is 12.6. The molecule has 1 amide bonds. The normalized spacial score (nSPS) is 12.9. The van der Waals surface area contributed by atoms with Crippen LogP contribution in [0.15, 0.2) is 36.5 Å². The summed E-state index contributed by atoms with van der Waals surface area (Å²) in [7, 11) is 0. The first kappa shape index (κ1) is 17.1. The van der Waals surface area contributed by atoms with Crippen molar-refractivity contribution in [3.8, 4) is 5.69 Å². The van der Waals surface area contributed by atoms with E-state index in [1.54, 1.807) is 4.68 Å². The molecular weight excluding hydrogens is 290 g/mol. The first-order valence-corrected chi connectivity index (χ1v) is 8.05. The molecule has 0 saturated heterocycles. The van der Waals surface area contributed by atoms with E-state index < -0.39 is 5.41 Å². The SMILES string of the molecule is CCC(CC)(CN)C(=O)NC(C)c1cn(-c2ccccc2)nn1. The van der Waals surface area contributed by atoms with Crippen molar-refractivity contribution < 1.29 is 4.79 Å². The number of benzene rings is 1. The molecule has 1 heterocycles. The van der Waals surface area contributed by atoms with E-state index >= 15 is 0 Å². The number of amides is 1. The Hall–Kier alpha value is -2.21. The Labute approximate surface area is 137 Å². The van der Waals surface area contributed by atoms with Crippen LogP contribution in [0.25, 0.3) is 5.69 Å². The van der Waals surface area contributed by atoms with Crippen LogP contribution in [0.3, 0.4) is 0 Å². The van der Waals surface area contributed by atoms with Gasteiger partial charge in [0.15, 0.2) is 0 Å². The highest BCUT2D eigenvalue weighted by molar-refractivity contribution is 5.83. The fourth-order valence-electron chi connectivity index (χ4n) is 2.56. The first-order valence-electron chi connectivity index (χ1n) is 8.05. The van der Waals surface area contributed by atoms with E-state index in [2.05, 4.69) is 15.6 Å². The van der Waals surface area contributed by atoms with Gasteiger partial charge in [-0.3, -0.25) is 4.79 Å². The van der Waals surface area contributed by atoms with Gasteiger partial charge in [0.2, 0.25) is 5.91 Å². The topological polar surface area (TPSA) is 85.8 Å². The Morgan fingerprint density at radius 1 is 1.30 bits per heavy atom. The third kappa shape index (κ3) is 3.59. The van der Waals surface area contributed by atoms with Gasteiger partial charge in [0.1, 0.15) is 5.69 Å². The average Bonchev–Trinajstić information content (AvgIpc) is 3.08. The standard InChI is InChI=1S/C17H25N5O/c1-4-17(5-2,12-18)16(23)19-13(3)15-11-22(21-20-15)14-9-7-6-8-10-14/h6-11,13H,4-5,12,18H2,1-3H3,(H,19,23). The van der Waals surface area contributed by atoms with Crippen LogP contribution >= 0.6 is 0 Å². The van der Waals surface area contributed by atoms with Crippen LogP contribution in [0.5, 0.6) is 0 Å². The predicted octanol–water partition coefficient (Wildman–Crippen LogP) is 2.21. The van der Waals surface area contributed by atoms with E-state index in [0.29, 0.717) is 6.54 Å². The monoisotopic (exact) mass is 315 g/mol. The van der Waals surface area contributed by atoms with Crippen LogP contribution in [-0.2, 0) is 4.79 Å². The van der Waals surface area contributed by atoms with Crippen molar-refractivity contribution in [3.05, 3.63) is 42.2 Å². The summed E-state index contributed by atoms with van der Waals surface area (Å²) in [6.07, 6.45) is 3.27. The Balaban J connectivity index is 2.11. The van der Waals surface area contributed by atoms with Crippen molar-refractivity contribution in [1.82, 2.24) is 20.3 Å². The Morgan fingerprint density at radius 2 is 1.96 bits per heavy atom. The second-order valence-corrected chi connectivity index (χ2v) is 5.81. The average molecular weight is 315 g/mol. The lowest BCUT2D eigenvalue weighted by Gasteiger charge is -2.29. The molecule has 124 valence electrons. The quantitative estimate of drug-likeness (QED) is 0.820. The number of carbonyl (C=O) groups excluding carboxylic acids is 1. The van der Waals surface area contributed by atoms with Crippen molar-refractivity contribution in [2.45, 2.75) is 39.7 Å². The largest absolute Gasteiger partial charge is 0.347 e. The summed E-state index contributed by atoms with van der Waals surface area (Å²) in [5.41, 5.74) is 6.98. The Kier molecular flexibility index (Phi) is 5.50. The highest BCUT2D eigenvalue weighted by Gasteiger charge is 2.34. The van der Waals surface area contributed by atoms with Gasteiger partial charge in [-0.25, -0.2) is 4.68 Å². The van der Waals surface area contributed by atoms with Gasteiger partial charge in [-0.15, -0.1) is 5.10 Å². The minimum absolute atomic E-state index is 0.0215. The van der Waals surface area contributed by atoms with E-state index in [9.17, 15) is 4.79 Å². The molecule has 0 aliphatic heterocycles. The predicted molar refractivity (Wildman–Crippen MR) is 90.0 cm³/mol. The highest BCUT2D eigenvalue weighted by Crippen LogP contribution is 2.26. The molecule has 0 radical (unpaired) electrons. The lowest BCUT2D eigenvalue weighted by atomic mass is 9.81. The van der Waals surface area contributed by atoms with Crippen molar-refractivity contribution in [1.29, 1.82) is 0 Å². The molecule has 1 atom stereocenters. The van der Waals surface area contributed by atoms with Gasteiger partial charge in [-0.2, -0.15) is 0 Å². The molecule has 0 saturated carbocycles. The number of nitrogens with one attached hydrogen (secondary N) is 1. The van der Waals surface area contributed by atoms with Gasteiger partial charge in [0.05, 0.1) is 23.3 Å². The summed E-state index contributed by atoms with van der Waals surface area (Å²) in [4.78, 5) is 12.6. The highest BCUT2D eigenvalue weighted by atomic mass is 16.2. The second-order valence-electron chi connectivity index (χ2n) is 5.81. The molecule has 0 aliphatic carbocycles. The van der Waals surface area contributed by atoms with E-state index in [-0.39, 0.29) is 11.9 Å². The molecule has 6 nitrogen and oxygen atoms in total. The van der Waals surface area contributed by atoms with Crippen molar-refractivity contribution in [3.63, 3.8) is 0 Å². The van der Waals surface area contributed by atoms with Gasteiger partial charge >= 0.3 is 0 Å². The number of rotatable bonds is 7. The Morgan fingerprint density at radius 3 is 2.52 bits per heavy atom. The fraction of sp³-hybridized carbons (Fsp3) is 0.471. The van der Waals surface area contributed by atoms with Crippen LogP contribution in [0.2, 0.25) is 0 Å². The molecule has 0 aliphatic rings. The fourth-order valence-corrected chi connectivity index (χ4v) is 2.56. The molecule has 2 rings (SSSR count). The second kappa shape index (κ2) is 7.37. The molecule has 3 N–H and O–H groups in total. The molecule has 1 aromatic carbocycles. The number of hydrogen-bond donors (Lipinski definition) is 2. The van der Waals surface area contributed by atoms with Crippen molar-refractivity contribution in [2.75, 3.05) is 6.54 Å². The lowest BCUT2D eigenvalue weighted by molar-refractivity contribution is -0.131. The minimum atomic E-state index is -0.510. The third-order valence-electron chi connectivity index (χ3n) is 4.55. The van der Waals surface area contributed by atoms with E-state index in [4.69, 9.17) is 5.73 Å². The molecule has 1 aromatic heterocycles. The molecule has 0 bridgehead atoms. The smallest absolute Gasteiger partial charge is 0.227 e. The third-order valence-corrected chi connectivity index (χ3v) is 4.55. The molecule has 6 heteroatoms. The molecular formula is C17H25N5O. The van der Waals surface area contributed by atoms with Gasteiger partial charge in [0, 0.05) is 6.54 Å². The summed E-state index contributed by atoms with van der Waals surface area (Å²) >= 11 is 0. The van der Waals surface area contributed by atoms with Gasteiger partial charge in [-0.1, -0.05) is 37.3 Å². The van der Waals surface area contributed by atoms with Gasteiger partial charge in [-0.05, 0) is 31.9 Å². The molecule has 2 aromatic rings. The lowest BCUT2D eigenvalue weighted by Crippen LogP contribution is -2.46. The van der Waals surface area contributed by atoms with Crippen molar-refractivity contribution in [2.24, 2.45) is 11.1 Å². The minimum Gasteiger partial charge on any atom is -0.347 e. The van der Waals surface area contributed by atoms with E-state index in [1.165, 1.54) is 0 Å². The number of hydrogen-bond acceptors (Lipinski definition) is 4. The first-order chi connectivity index (χ1) is 11.1. The summed E-state index contributed by atoms with van der Waals surface area (Å²) in [6.45, 7) is 6.23. The van der Waals surface area contributed by atoms with Crippen molar-refractivity contribution >= 4 is 5.91 Å². The number of nitrogens with two attached hydrogens (primary N) is 1. The van der Waals surface area contributed by atoms with Crippen LogP contribution in [-0.4, -0.2) is 27.4 Å². The summed E-state index contributed by atoms with van der Waals surface area (Å²) in [5.74, 6) is -0.0215. The van der Waals surface area contributed by atoms with Crippen LogP contribution in [0.4, 0.5) is 0 Å². The summed E-state index contributed by atoms with van der Waals surface area (Å²) in [6, 6.07) is 9.53. The molecule has 0 spiro atoms. The van der Waals surface area contributed by atoms with Gasteiger partial charge < -0.3 is 11.1 Å². The van der Waals surface area contributed by atoms with Crippen LogP contribution < -0.4 is 11.1 Å². The number of carbonyl (C=O) groups is 1. The summed E-state index contributed by atoms with van der Waals surface area (Å²) < 4.78 is 1.70. The van der Waals surface area contributed by atoms with Gasteiger partial charge in [0.25, 0.3) is 0 Å². The zero-order chi connectivity index (χ0) is 16.9. The number of aromatic nitrogens is 3. The zero-order valence-electron chi connectivity index (χ0n) is 14.0. The maximum Gasteiger partial charge on any atom is 0.227 e. The molecule has 1 unspecified atom stereocenters. The van der Waals surface area contributed by atoms with E-state index in [0.717, 1.165) is 24.2 Å². The van der Waals surface area contributed by atoms with E-state index in [1.807, 2.05) is 57.3 Å². The number of nitrogens with zero attached hydrogens (tertiary/aromatic N) is 3. The number of para-hydroxylation sites is 1.